The van der Waals surface area contributed by atoms with Crippen molar-refractivity contribution >= 4 is 28.4 Å². The van der Waals surface area contributed by atoms with Crippen LogP contribution in [0, 0.1) is 6.92 Å². The van der Waals surface area contributed by atoms with Gasteiger partial charge in [-0.2, -0.15) is 0 Å². The Bertz CT molecular complexity index is 1190. The molecule has 0 saturated heterocycles. The first-order valence-electron chi connectivity index (χ1n) is 9.92. The second-order valence-electron chi connectivity index (χ2n) is 7.58. The van der Waals surface area contributed by atoms with Crippen molar-refractivity contribution in [1.29, 1.82) is 0 Å². The SMILES string of the molecule is Cc1[nH]c2ccccc2c1C(=O)C(C)Sc1nnc(C2CC2)n1-c1ccccc1. The van der Waals surface area contributed by atoms with Gasteiger partial charge in [-0.25, -0.2) is 0 Å². The van der Waals surface area contributed by atoms with E-state index in [0.717, 1.165) is 51.7 Å². The van der Waals surface area contributed by atoms with Gasteiger partial charge in [-0.05, 0) is 44.9 Å². The molecule has 5 rings (SSSR count). The number of nitrogens with zero attached hydrogens (tertiary/aromatic N) is 3. The van der Waals surface area contributed by atoms with Crippen LogP contribution in [-0.2, 0) is 0 Å². The molecule has 1 fully saturated rings. The van der Waals surface area contributed by atoms with E-state index in [-0.39, 0.29) is 11.0 Å². The lowest BCUT2D eigenvalue weighted by Gasteiger charge is -2.13. The number of fused-ring (bicyclic) bond motifs is 1. The molecule has 2 aromatic heterocycles. The lowest BCUT2D eigenvalue weighted by molar-refractivity contribution is 0.0995. The standard InChI is InChI=1S/C23H22N4OS/c1-14-20(18-10-6-7-11-19(18)24-14)21(28)15(2)29-23-26-25-22(16-12-13-16)27(23)17-8-4-3-5-9-17/h3-11,15-16,24H,12-13H2,1-2H3. The maximum Gasteiger partial charge on any atom is 0.196 e. The summed E-state index contributed by atoms with van der Waals surface area (Å²) in [6, 6.07) is 18.1. The molecule has 1 aliphatic rings. The fourth-order valence-corrected chi connectivity index (χ4v) is 4.73. The molecule has 1 N–H and O–H groups in total. The van der Waals surface area contributed by atoms with Gasteiger partial charge in [0.05, 0.1) is 5.25 Å². The molecule has 146 valence electrons. The van der Waals surface area contributed by atoms with Crippen molar-refractivity contribution in [2.24, 2.45) is 0 Å². The molecular formula is C23H22N4OS. The number of aryl methyl sites for hydroxylation is 1. The Labute approximate surface area is 173 Å². The van der Waals surface area contributed by atoms with Crippen molar-refractivity contribution in [3.8, 4) is 5.69 Å². The van der Waals surface area contributed by atoms with Crippen LogP contribution in [0.3, 0.4) is 0 Å². The number of para-hydroxylation sites is 2. The number of H-pyrrole nitrogens is 1. The molecule has 6 heteroatoms. The Kier molecular flexibility index (Phi) is 4.51. The summed E-state index contributed by atoms with van der Waals surface area (Å²) in [5, 5.41) is 10.4. The zero-order valence-electron chi connectivity index (χ0n) is 16.4. The summed E-state index contributed by atoms with van der Waals surface area (Å²) in [6.45, 7) is 3.91. The van der Waals surface area contributed by atoms with Crippen LogP contribution in [0.25, 0.3) is 16.6 Å². The first-order valence-corrected chi connectivity index (χ1v) is 10.8. The van der Waals surface area contributed by atoms with Crippen molar-refractivity contribution in [2.45, 2.75) is 43.0 Å². The van der Waals surface area contributed by atoms with E-state index in [1.54, 1.807) is 0 Å². The highest BCUT2D eigenvalue weighted by atomic mass is 32.2. The molecule has 0 spiro atoms. The summed E-state index contributed by atoms with van der Waals surface area (Å²) < 4.78 is 2.12. The quantitative estimate of drug-likeness (QED) is 0.351. The molecule has 29 heavy (non-hydrogen) atoms. The van der Waals surface area contributed by atoms with Gasteiger partial charge in [-0.1, -0.05) is 48.2 Å². The fraction of sp³-hybridized carbons (Fsp3) is 0.261. The second-order valence-corrected chi connectivity index (χ2v) is 8.89. The molecule has 0 radical (unpaired) electrons. The average molecular weight is 403 g/mol. The van der Waals surface area contributed by atoms with Gasteiger partial charge in [0.1, 0.15) is 5.82 Å². The molecule has 0 aliphatic heterocycles. The summed E-state index contributed by atoms with van der Waals surface area (Å²) in [6.07, 6.45) is 2.30. The van der Waals surface area contributed by atoms with Crippen LogP contribution >= 0.6 is 11.8 Å². The normalized spacial score (nSPS) is 15.0. The van der Waals surface area contributed by atoms with Crippen molar-refractivity contribution in [3.05, 3.63) is 71.7 Å². The smallest absolute Gasteiger partial charge is 0.196 e. The second kappa shape index (κ2) is 7.19. The van der Waals surface area contributed by atoms with Crippen molar-refractivity contribution in [3.63, 3.8) is 0 Å². The number of nitrogens with one attached hydrogen (secondary N) is 1. The number of thioether (sulfide) groups is 1. The minimum Gasteiger partial charge on any atom is -0.358 e. The van der Waals surface area contributed by atoms with Crippen LogP contribution in [0.2, 0.25) is 0 Å². The lowest BCUT2D eigenvalue weighted by atomic mass is 10.1. The van der Waals surface area contributed by atoms with Crippen molar-refractivity contribution < 1.29 is 4.79 Å². The lowest BCUT2D eigenvalue weighted by Crippen LogP contribution is -2.15. The van der Waals surface area contributed by atoms with E-state index in [1.165, 1.54) is 11.8 Å². The van der Waals surface area contributed by atoms with E-state index in [4.69, 9.17) is 0 Å². The van der Waals surface area contributed by atoms with Gasteiger partial charge in [0, 0.05) is 33.8 Å². The topological polar surface area (TPSA) is 63.6 Å². The van der Waals surface area contributed by atoms with Crippen LogP contribution in [0.5, 0.6) is 0 Å². The third-order valence-electron chi connectivity index (χ3n) is 5.41. The van der Waals surface area contributed by atoms with Crippen LogP contribution in [-0.4, -0.2) is 30.8 Å². The van der Waals surface area contributed by atoms with Crippen LogP contribution in [0.1, 0.15) is 47.6 Å². The van der Waals surface area contributed by atoms with E-state index in [1.807, 2.05) is 56.3 Å². The summed E-state index contributed by atoms with van der Waals surface area (Å²) in [7, 11) is 0. The maximum atomic E-state index is 13.3. The molecule has 5 nitrogen and oxygen atoms in total. The zero-order valence-corrected chi connectivity index (χ0v) is 17.2. The largest absolute Gasteiger partial charge is 0.358 e. The van der Waals surface area contributed by atoms with Crippen LogP contribution < -0.4 is 0 Å². The van der Waals surface area contributed by atoms with Gasteiger partial charge in [0.2, 0.25) is 0 Å². The number of Topliss-reactive ketones (excluding diaryl/α,β-unsaturated/α-hetero) is 1. The van der Waals surface area contributed by atoms with Gasteiger partial charge in [0.25, 0.3) is 0 Å². The highest BCUT2D eigenvalue weighted by molar-refractivity contribution is 8.00. The molecule has 1 aliphatic carbocycles. The molecule has 4 aromatic rings. The number of hydrogen-bond acceptors (Lipinski definition) is 4. The Morgan fingerprint density at radius 2 is 1.83 bits per heavy atom. The molecule has 1 unspecified atom stereocenters. The number of hydrogen-bond donors (Lipinski definition) is 1. The average Bonchev–Trinajstić information content (AvgIpc) is 3.41. The number of benzene rings is 2. The highest BCUT2D eigenvalue weighted by Gasteiger charge is 2.32. The minimum absolute atomic E-state index is 0.112. The molecule has 2 aromatic carbocycles. The monoisotopic (exact) mass is 402 g/mol. The third-order valence-corrected chi connectivity index (χ3v) is 6.45. The molecule has 2 heterocycles. The zero-order chi connectivity index (χ0) is 20.0. The van der Waals surface area contributed by atoms with E-state index in [2.05, 4.69) is 31.9 Å². The summed E-state index contributed by atoms with van der Waals surface area (Å²) in [5.74, 6) is 1.58. The van der Waals surface area contributed by atoms with Crippen LogP contribution in [0.4, 0.5) is 0 Å². The van der Waals surface area contributed by atoms with E-state index in [9.17, 15) is 4.79 Å². The summed E-state index contributed by atoms with van der Waals surface area (Å²) in [4.78, 5) is 16.7. The van der Waals surface area contributed by atoms with Crippen molar-refractivity contribution in [1.82, 2.24) is 19.7 Å². The Hall–Kier alpha value is -2.86. The Balaban J connectivity index is 1.49. The fourth-order valence-electron chi connectivity index (χ4n) is 3.79. The van der Waals surface area contributed by atoms with E-state index in [0.29, 0.717) is 5.92 Å². The summed E-state index contributed by atoms with van der Waals surface area (Å²) >= 11 is 1.48. The number of aromatic amines is 1. The van der Waals surface area contributed by atoms with Gasteiger partial charge in [-0.15, -0.1) is 10.2 Å². The number of carbonyl (C=O) groups is 1. The number of rotatable bonds is 6. The number of ketones is 1. The van der Waals surface area contributed by atoms with E-state index >= 15 is 0 Å². The van der Waals surface area contributed by atoms with Gasteiger partial charge in [-0.3, -0.25) is 9.36 Å². The Morgan fingerprint density at radius 3 is 2.59 bits per heavy atom. The molecule has 1 atom stereocenters. The maximum absolute atomic E-state index is 13.3. The first kappa shape index (κ1) is 18.2. The third kappa shape index (κ3) is 3.27. The molecule has 0 bridgehead atoms. The van der Waals surface area contributed by atoms with Gasteiger partial charge >= 0.3 is 0 Å². The Morgan fingerprint density at radius 1 is 1.10 bits per heavy atom. The molecular weight excluding hydrogens is 380 g/mol. The van der Waals surface area contributed by atoms with Crippen molar-refractivity contribution in [2.75, 3.05) is 0 Å². The predicted molar refractivity (Wildman–Crippen MR) is 116 cm³/mol. The number of carbonyl (C=O) groups excluding carboxylic acids is 1. The predicted octanol–water partition coefficient (Wildman–Crippen LogP) is 5.30. The van der Waals surface area contributed by atoms with Gasteiger partial charge < -0.3 is 4.98 Å². The molecule has 0 amide bonds. The minimum atomic E-state index is -0.272. The summed E-state index contributed by atoms with van der Waals surface area (Å²) in [5.41, 5.74) is 3.72. The van der Waals surface area contributed by atoms with E-state index < -0.39 is 0 Å². The highest BCUT2D eigenvalue weighted by Crippen LogP contribution is 2.41. The molecule has 1 saturated carbocycles. The van der Waals surface area contributed by atoms with Gasteiger partial charge in [0.15, 0.2) is 10.9 Å². The van der Waals surface area contributed by atoms with Crippen LogP contribution in [0.15, 0.2) is 59.8 Å². The first-order chi connectivity index (χ1) is 14.1. The number of aromatic nitrogens is 4.